The molecule has 152 valence electrons. The highest BCUT2D eigenvalue weighted by molar-refractivity contribution is 7.10. The summed E-state index contributed by atoms with van der Waals surface area (Å²) in [6.45, 7) is 0.106. The molecule has 0 bridgehead atoms. The van der Waals surface area contributed by atoms with Gasteiger partial charge in [0.15, 0.2) is 11.7 Å². The summed E-state index contributed by atoms with van der Waals surface area (Å²) >= 11 is 1.37. The van der Waals surface area contributed by atoms with Crippen LogP contribution in [0.1, 0.15) is 39.4 Å². The van der Waals surface area contributed by atoms with Gasteiger partial charge >= 0.3 is 6.18 Å². The zero-order valence-electron chi connectivity index (χ0n) is 14.9. The quantitative estimate of drug-likeness (QED) is 0.599. The van der Waals surface area contributed by atoms with Crippen molar-refractivity contribution >= 4 is 23.1 Å². The van der Waals surface area contributed by atoms with Gasteiger partial charge in [0, 0.05) is 23.9 Å². The number of nitrogens with zero attached hydrogens (tertiary/aromatic N) is 2. The molecule has 2 aromatic heterocycles. The first-order valence-electron chi connectivity index (χ1n) is 8.80. The summed E-state index contributed by atoms with van der Waals surface area (Å²) in [6.07, 6.45) is -4.71. The van der Waals surface area contributed by atoms with Crippen molar-refractivity contribution in [2.24, 2.45) is 0 Å². The zero-order chi connectivity index (χ0) is 20.6. The molecule has 0 aliphatic carbocycles. The molecule has 2 atom stereocenters. The normalized spacial score (nSPS) is 18.8. The van der Waals surface area contributed by atoms with E-state index in [1.165, 1.54) is 41.7 Å². The number of anilines is 1. The topological polar surface area (TPSA) is 59.0 Å². The molecule has 1 amide bonds. The van der Waals surface area contributed by atoms with Crippen LogP contribution in [-0.4, -0.2) is 21.9 Å². The Morgan fingerprint density at radius 2 is 2.03 bits per heavy atom. The number of amides is 1. The summed E-state index contributed by atoms with van der Waals surface area (Å²) in [7, 11) is 0. The lowest BCUT2D eigenvalue weighted by Gasteiger charge is -2.32. The van der Waals surface area contributed by atoms with E-state index >= 15 is 0 Å². The number of benzene rings is 1. The second-order valence-electron chi connectivity index (χ2n) is 6.67. The van der Waals surface area contributed by atoms with Crippen LogP contribution < -0.4 is 10.6 Å². The van der Waals surface area contributed by atoms with E-state index in [-0.39, 0.29) is 24.5 Å². The Bertz CT molecular complexity index is 998. The van der Waals surface area contributed by atoms with Crippen molar-refractivity contribution in [1.29, 1.82) is 0 Å². The molecule has 2 N–H and O–H groups in total. The fraction of sp³-hybridized carbons (Fsp3) is 0.263. The lowest BCUT2D eigenvalue weighted by molar-refractivity contribution is -0.173. The first-order chi connectivity index (χ1) is 13.8. The number of fused-ring (bicyclic) bond motifs is 1. The minimum atomic E-state index is -4.50. The van der Waals surface area contributed by atoms with E-state index in [0.29, 0.717) is 5.56 Å². The Morgan fingerprint density at radius 3 is 2.69 bits per heavy atom. The molecular formula is C19H16F4N4OS. The van der Waals surface area contributed by atoms with Crippen LogP contribution in [0.4, 0.5) is 23.4 Å². The maximum atomic E-state index is 13.6. The lowest BCUT2D eigenvalue weighted by Crippen LogP contribution is -2.35. The second-order valence-corrected chi connectivity index (χ2v) is 7.65. The summed E-state index contributed by atoms with van der Waals surface area (Å²) in [5.41, 5.74) is 0.545. The molecule has 0 saturated carbocycles. The van der Waals surface area contributed by atoms with Gasteiger partial charge < -0.3 is 10.6 Å². The number of carbonyl (C=O) groups is 1. The molecule has 10 heteroatoms. The molecular weight excluding hydrogens is 408 g/mol. The van der Waals surface area contributed by atoms with Crippen LogP contribution in [0, 0.1) is 5.82 Å². The maximum absolute atomic E-state index is 13.6. The Hall–Kier alpha value is -2.88. The smallest absolute Gasteiger partial charge is 0.363 e. The Morgan fingerprint density at radius 1 is 1.28 bits per heavy atom. The predicted molar refractivity (Wildman–Crippen MR) is 100 cm³/mol. The first kappa shape index (κ1) is 19.4. The summed E-state index contributed by atoms with van der Waals surface area (Å²) < 4.78 is 54.7. The number of thiophene rings is 1. The highest BCUT2D eigenvalue weighted by Crippen LogP contribution is 2.44. The van der Waals surface area contributed by atoms with Gasteiger partial charge in [0.25, 0.3) is 5.91 Å². The molecule has 3 heterocycles. The number of carbonyl (C=O) groups excluding carboxylic acids is 1. The molecule has 0 spiro atoms. The van der Waals surface area contributed by atoms with Crippen LogP contribution in [0.2, 0.25) is 0 Å². The van der Waals surface area contributed by atoms with Crippen molar-refractivity contribution in [3.8, 4) is 0 Å². The molecule has 0 radical (unpaired) electrons. The molecule has 4 rings (SSSR count). The van der Waals surface area contributed by atoms with Crippen LogP contribution in [0.5, 0.6) is 0 Å². The molecule has 5 nitrogen and oxygen atoms in total. The molecule has 1 aliphatic rings. The average molecular weight is 424 g/mol. The number of alkyl halides is 3. The third kappa shape index (κ3) is 4.12. The van der Waals surface area contributed by atoms with Gasteiger partial charge in [0.2, 0.25) is 0 Å². The van der Waals surface area contributed by atoms with E-state index < -0.39 is 30.0 Å². The average Bonchev–Trinajstić information content (AvgIpc) is 3.35. The number of aromatic nitrogens is 2. The molecule has 0 unspecified atom stereocenters. The standard InChI is InChI=1S/C19H16F4N4OS/c20-12-5-3-11(4-6-12)10-24-18(28)14-9-17-25-13(15-2-1-7-29-15)8-16(19(21,22)23)27(17)26-14/h1-7,9,13,16,25H,8,10H2,(H,24,28)/t13-,16-/m1/s1. The van der Waals surface area contributed by atoms with Gasteiger partial charge in [-0.3, -0.25) is 4.79 Å². The zero-order valence-corrected chi connectivity index (χ0v) is 15.7. The number of rotatable bonds is 4. The highest BCUT2D eigenvalue weighted by Gasteiger charge is 2.47. The van der Waals surface area contributed by atoms with Crippen molar-refractivity contribution in [3.63, 3.8) is 0 Å². The molecule has 3 aromatic rings. The second kappa shape index (κ2) is 7.51. The van der Waals surface area contributed by atoms with Gasteiger partial charge in [0.05, 0.1) is 6.04 Å². The third-order valence-corrected chi connectivity index (χ3v) is 5.66. The Kier molecular flexibility index (Phi) is 5.03. The van der Waals surface area contributed by atoms with Gasteiger partial charge in [-0.1, -0.05) is 18.2 Å². The Labute approximate surface area is 167 Å². The van der Waals surface area contributed by atoms with Crippen molar-refractivity contribution in [2.45, 2.75) is 31.2 Å². The fourth-order valence-electron chi connectivity index (χ4n) is 3.24. The van der Waals surface area contributed by atoms with Crippen LogP contribution in [0.15, 0.2) is 47.8 Å². The van der Waals surface area contributed by atoms with Crippen molar-refractivity contribution in [3.05, 3.63) is 69.8 Å². The monoisotopic (exact) mass is 424 g/mol. The summed E-state index contributed by atoms with van der Waals surface area (Å²) in [4.78, 5) is 13.2. The lowest BCUT2D eigenvalue weighted by atomic mass is 10.0. The fourth-order valence-corrected chi connectivity index (χ4v) is 4.03. The van der Waals surface area contributed by atoms with Gasteiger partial charge in [-0.05, 0) is 29.1 Å². The number of nitrogens with one attached hydrogen (secondary N) is 2. The minimum absolute atomic E-state index is 0.106. The van der Waals surface area contributed by atoms with E-state index in [4.69, 9.17) is 0 Å². The largest absolute Gasteiger partial charge is 0.410 e. The molecule has 29 heavy (non-hydrogen) atoms. The van der Waals surface area contributed by atoms with E-state index in [0.717, 1.165) is 9.56 Å². The third-order valence-electron chi connectivity index (χ3n) is 4.68. The highest BCUT2D eigenvalue weighted by atomic mass is 32.1. The first-order valence-corrected chi connectivity index (χ1v) is 9.68. The van der Waals surface area contributed by atoms with Crippen LogP contribution in [0.25, 0.3) is 0 Å². The molecule has 0 fully saturated rings. The van der Waals surface area contributed by atoms with Crippen LogP contribution in [0.3, 0.4) is 0 Å². The summed E-state index contributed by atoms with van der Waals surface area (Å²) in [5, 5.41) is 11.3. The molecule has 1 aromatic carbocycles. The number of hydrogen-bond donors (Lipinski definition) is 2. The summed E-state index contributed by atoms with van der Waals surface area (Å²) in [5.74, 6) is -0.859. The van der Waals surface area contributed by atoms with Crippen molar-refractivity contribution in [1.82, 2.24) is 15.1 Å². The van der Waals surface area contributed by atoms with Crippen molar-refractivity contribution in [2.75, 3.05) is 5.32 Å². The van der Waals surface area contributed by atoms with Gasteiger partial charge in [-0.2, -0.15) is 18.3 Å². The minimum Gasteiger partial charge on any atom is -0.363 e. The maximum Gasteiger partial charge on any atom is 0.410 e. The van der Waals surface area contributed by atoms with Crippen molar-refractivity contribution < 1.29 is 22.4 Å². The number of halogens is 4. The van der Waals surface area contributed by atoms with E-state index in [1.807, 2.05) is 0 Å². The summed E-state index contributed by atoms with van der Waals surface area (Å²) in [6, 6.07) is 8.09. The van der Waals surface area contributed by atoms with Gasteiger partial charge in [-0.25, -0.2) is 9.07 Å². The van der Waals surface area contributed by atoms with E-state index in [9.17, 15) is 22.4 Å². The molecule has 1 aliphatic heterocycles. The van der Waals surface area contributed by atoms with Crippen LogP contribution in [-0.2, 0) is 6.54 Å². The Balaban J connectivity index is 1.55. The van der Waals surface area contributed by atoms with Gasteiger partial charge in [0.1, 0.15) is 11.6 Å². The van der Waals surface area contributed by atoms with E-state index in [1.54, 1.807) is 17.5 Å². The number of hydrogen-bond acceptors (Lipinski definition) is 4. The van der Waals surface area contributed by atoms with E-state index in [2.05, 4.69) is 15.7 Å². The van der Waals surface area contributed by atoms with Crippen LogP contribution >= 0.6 is 11.3 Å². The SMILES string of the molecule is O=C(NCc1ccc(F)cc1)c1cc2n(n1)[C@@H](C(F)(F)F)C[C@H](c1cccs1)N2. The predicted octanol–water partition coefficient (Wildman–Crippen LogP) is 4.67. The van der Waals surface area contributed by atoms with Gasteiger partial charge in [-0.15, -0.1) is 11.3 Å². The molecule has 0 saturated heterocycles.